The molecule has 1 aliphatic rings. The van der Waals surface area contributed by atoms with Crippen molar-refractivity contribution in [1.82, 2.24) is 0 Å². The Morgan fingerprint density at radius 1 is 1.11 bits per heavy atom. The zero-order valence-corrected chi connectivity index (χ0v) is 12.5. The highest BCUT2D eigenvalue weighted by atomic mass is 16.3. The van der Waals surface area contributed by atoms with E-state index >= 15 is 0 Å². The summed E-state index contributed by atoms with van der Waals surface area (Å²) in [6.07, 6.45) is 4.84. The van der Waals surface area contributed by atoms with Gasteiger partial charge >= 0.3 is 0 Å². The van der Waals surface area contributed by atoms with Crippen LogP contribution in [0.1, 0.15) is 58.1 Å². The van der Waals surface area contributed by atoms with Crippen LogP contribution in [0.2, 0.25) is 0 Å². The molecular formula is C17H27NO. The van der Waals surface area contributed by atoms with E-state index in [0.717, 1.165) is 18.7 Å². The van der Waals surface area contributed by atoms with E-state index in [4.69, 9.17) is 0 Å². The van der Waals surface area contributed by atoms with Crippen molar-refractivity contribution in [1.29, 1.82) is 0 Å². The fourth-order valence-corrected chi connectivity index (χ4v) is 3.16. The molecule has 106 valence electrons. The van der Waals surface area contributed by atoms with Crippen molar-refractivity contribution in [2.24, 2.45) is 5.41 Å². The Morgan fingerprint density at radius 3 is 2.05 bits per heavy atom. The second kappa shape index (κ2) is 5.96. The largest absolute Gasteiger partial charge is 0.389 e. The maximum Gasteiger partial charge on any atom is 0.0761 e. The van der Waals surface area contributed by atoms with Gasteiger partial charge in [0.25, 0.3) is 0 Å². The number of benzene rings is 1. The number of anilines is 1. The minimum Gasteiger partial charge on any atom is -0.389 e. The number of rotatable bonds is 4. The fraction of sp³-hybridized carbons (Fsp3) is 0.647. The van der Waals surface area contributed by atoms with Crippen molar-refractivity contribution < 1.29 is 5.11 Å². The van der Waals surface area contributed by atoms with E-state index in [1.807, 2.05) is 19.1 Å². The Kier molecular flexibility index (Phi) is 4.51. The first-order valence-electron chi connectivity index (χ1n) is 7.63. The summed E-state index contributed by atoms with van der Waals surface area (Å²) in [5, 5.41) is 9.54. The van der Waals surface area contributed by atoms with Crippen molar-refractivity contribution >= 4 is 5.69 Å². The third-order valence-corrected chi connectivity index (χ3v) is 5.06. The Hall–Kier alpha value is -1.02. The molecule has 1 saturated heterocycles. The molecule has 0 aromatic heterocycles. The second-order valence-electron chi connectivity index (χ2n) is 5.96. The molecule has 0 aliphatic carbocycles. The zero-order chi connectivity index (χ0) is 13.9. The number of aliphatic hydroxyl groups is 1. The lowest BCUT2D eigenvalue weighted by Crippen LogP contribution is -2.39. The Balaban J connectivity index is 2.01. The molecule has 0 spiro atoms. The lowest BCUT2D eigenvalue weighted by atomic mass is 9.74. The standard InChI is InChI=1S/C17H27NO/c1-4-17(5-2)10-12-18(13-11-17)16-8-6-15(7-9-16)14(3)19/h6-9,14,19H,4-5,10-13H2,1-3H3/t14-/m1/s1. The van der Waals surface area contributed by atoms with Gasteiger partial charge in [0.1, 0.15) is 0 Å². The van der Waals surface area contributed by atoms with Gasteiger partial charge in [0.2, 0.25) is 0 Å². The third-order valence-electron chi connectivity index (χ3n) is 5.06. The van der Waals surface area contributed by atoms with Gasteiger partial charge in [0.05, 0.1) is 6.10 Å². The molecule has 19 heavy (non-hydrogen) atoms. The Morgan fingerprint density at radius 2 is 1.63 bits per heavy atom. The molecule has 2 nitrogen and oxygen atoms in total. The van der Waals surface area contributed by atoms with E-state index in [1.165, 1.54) is 31.4 Å². The van der Waals surface area contributed by atoms with E-state index in [-0.39, 0.29) is 6.10 Å². The molecule has 2 heteroatoms. The average molecular weight is 261 g/mol. The highest BCUT2D eigenvalue weighted by Crippen LogP contribution is 2.39. The van der Waals surface area contributed by atoms with Gasteiger partial charge in [-0.05, 0) is 42.9 Å². The molecule has 1 aliphatic heterocycles. The normalized spacial score (nSPS) is 20.3. The molecule has 0 amide bonds. The molecule has 1 heterocycles. The van der Waals surface area contributed by atoms with E-state index in [2.05, 4.69) is 30.9 Å². The van der Waals surface area contributed by atoms with Gasteiger partial charge in [-0.15, -0.1) is 0 Å². The lowest BCUT2D eigenvalue weighted by molar-refractivity contribution is 0.198. The van der Waals surface area contributed by atoms with E-state index in [0.29, 0.717) is 5.41 Å². The van der Waals surface area contributed by atoms with E-state index in [1.54, 1.807) is 0 Å². The summed E-state index contributed by atoms with van der Waals surface area (Å²) in [6, 6.07) is 8.38. The molecule has 1 aromatic rings. The maximum atomic E-state index is 9.54. The van der Waals surface area contributed by atoms with Gasteiger partial charge < -0.3 is 10.0 Å². The zero-order valence-electron chi connectivity index (χ0n) is 12.5. The van der Waals surface area contributed by atoms with Crippen LogP contribution in [-0.2, 0) is 0 Å². The second-order valence-corrected chi connectivity index (χ2v) is 5.96. The fourth-order valence-electron chi connectivity index (χ4n) is 3.16. The number of hydrogen-bond donors (Lipinski definition) is 1. The number of nitrogens with zero attached hydrogens (tertiary/aromatic N) is 1. The summed E-state index contributed by atoms with van der Waals surface area (Å²) in [7, 11) is 0. The molecule has 1 aromatic carbocycles. The molecular weight excluding hydrogens is 234 g/mol. The first kappa shape index (κ1) is 14.4. The van der Waals surface area contributed by atoms with Crippen LogP contribution in [0.4, 0.5) is 5.69 Å². The van der Waals surface area contributed by atoms with Crippen LogP contribution in [0, 0.1) is 5.41 Å². The Labute approximate surface area is 117 Å². The summed E-state index contributed by atoms with van der Waals surface area (Å²) in [5.74, 6) is 0. The van der Waals surface area contributed by atoms with Crippen LogP contribution in [-0.4, -0.2) is 18.2 Å². The van der Waals surface area contributed by atoms with Gasteiger partial charge in [-0.2, -0.15) is 0 Å². The highest BCUT2D eigenvalue weighted by molar-refractivity contribution is 5.48. The molecule has 2 rings (SSSR count). The van der Waals surface area contributed by atoms with E-state index < -0.39 is 0 Å². The van der Waals surface area contributed by atoms with Crippen molar-refractivity contribution in [3.8, 4) is 0 Å². The predicted molar refractivity (Wildman–Crippen MR) is 81.5 cm³/mol. The number of aliphatic hydroxyl groups excluding tert-OH is 1. The van der Waals surface area contributed by atoms with Crippen molar-refractivity contribution in [2.45, 2.75) is 52.6 Å². The molecule has 1 fully saturated rings. The number of hydrogen-bond acceptors (Lipinski definition) is 2. The van der Waals surface area contributed by atoms with E-state index in [9.17, 15) is 5.11 Å². The van der Waals surface area contributed by atoms with Crippen LogP contribution in [0.3, 0.4) is 0 Å². The molecule has 1 atom stereocenters. The summed E-state index contributed by atoms with van der Waals surface area (Å²) in [5.41, 5.74) is 2.87. The van der Waals surface area contributed by atoms with Crippen LogP contribution >= 0.6 is 0 Å². The summed E-state index contributed by atoms with van der Waals surface area (Å²) in [6.45, 7) is 8.80. The smallest absolute Gasteiger partial charge is 0.0761 e. The molecule has 0 saturated carbocycles. The maximum absolute atomic E-state index is 9.54. The number of piperidine rings is 1. The molecule has 1 N–H and O–H groups in total. The van der Waals surface area contributed by atoms with Gasteiger partial charge in [-0.25, -0.2) is 0 Å². The SMILES string of the molecule is CCC1(CC)CCN(c2ccc([C@@H](C)O)cc2)CC1. The van der Waals surface area contributed by atoms with Crippen molar-refractivity contribution in [3.63, 3.8) is 0 Å². The summed E-state index contributed by atoms with van der Waals surface area (Å²) >= 11 is 0. The summed E-state index contributed by atoms with van der Waals surface area (Å²) in [4.78, 5) is 2.48. The molecule has 0 unspecified atom stereocenters. The van der Waals surface area contributed by atoms with Gasteiger partial charge in [0.15, 0.2) is 0 Å². The van der Waals surface area contributed by atoms with Gasteiger partial charge in [0, 0.05) is 18.8 Å². The first-order valence-corrected chi connectivity index (χ1v) is 7.63. The topological polar surface area (TPSA) is 23.5 Å². The molecule has 0 radical (unpaired) electrons. The van der Waals surface area contributed by atoms with Crippen LogP contribution in [0.15, 0.2) is 24.3 Å². The first-order chi connectivity index (χ1) is 9.10. The highest BCUT2D eigenvalue weighted by Gasteiger charge is 2.31. The minimum absolute atomic E-state index is 0.372. The van der Waals surface area contributed by atoms with Crippen molar-refractivity contribution in [2.75, 3.05) is 18.0 Å². The summed E-state index contributed by atoms with van der Waals surface area (Å²) < 4.78 is 0. The third kappa shape index (κ3) is 3.11. The lowest BCUT2D eigenvalue weighted by Gasteiger charge is -2.42. The molecule has 0 bridgehead atoms. The van der Waals surface area contributed by atoms with Crippen LogP contribution in [0.5, 0.6) is 0 Å². The quantitative estimate of drug-likeness (QED) is 0.880. The monoisotopic (exact) mass is 261 g/mol. The predicted octanol–water partition coefficient (Wildman–Crippen LogP) is 4.15. The van der Waals surface area contributed by atoms with Gasteiger partial charge in [-0.1, -0.05) is 38.8 Å². The van der Waals surface area contributed by atoms with Gasteiger partial charge in [-0.3, -0.25) is 0 Å². The van der Waals surface area contributed by atoms with Crippen molar-refractivity contribution in [3.05, 3.63) is 29.8 Å². The minimum atomic E-state index is -0.372. The Bertz CT molecular complexity index is 382. The van der Waals surface area contributed by atoms with Crippen LogP contribution < -0.4 is 4.90 Å². The average Bonchev–Trinajstić information content (AvgIpc) is 2.47. The van der Waals surface area contributed by atoms with Crippen LogP contribution in [0.25, 0.3) is 0 Å².